The number of sulfonamides is 1. The van der Waals surface area contributed by atoms with E-state index in [-0.39, 0.29) is 23.7 Å². The molecule has 1 N–H and O–H groups in total. The zero-order chi connectivity index (χ0) is 20.7. The monoisotopic (exact) mass is 407 g/mol. The van der Waals surface area contributed by atoms with E-state index >= 15 is 0 Å². The van der Waals surface area contributed by atoms with Gasteiger partial charge < -0.3 is 14.2 Å². The molecule has 0 radical (unpaired) electrons. The average molecular weight is 407 g/mol. The largest absolute Gasteiger partial charge is 0.497 e. The van der Waals surface area contributed by atoms with Crippen molar-refractivity contribution in [1.82, 2.24) is 4.72 Å². The number of rotatable bonds is 9. The van der Waals surface area contributed by atoms with Crippen LogP contribution in [0.1, 0.15) is 30.5 Å². The summed E-state index contributed by atoms with van der Waals surface area (Å²) in [5.74, 6) is 0.354. The highest BCUT2D eigenvalue weighted by Crippen LogP contribution is 2.28. The Bertz CT molecular complexity index is 909. The number of aryl methyl sites for hydroxylation is 1. The van der Waals surface area contributed by atoms with Crippen molar-refractivity contribution in [3.05, 3.63) is 53.6 Å². The zero-order valence-electron chi connectivity index (χ0n) is 16.4. The van der Waals surface area contributed by atoms with Crippen LogP contribution in [0.25, 0.3) is 0 Å². The minimum absolute atomic E-state index is 0.0115. The number of ether oxygens (including phenoxy) is 3. The third-order valence-corrected chi connectivity index (χ3v) is 5.59. The molecule has 0 bridgehead atoms. The number of nitrogens with one attached hydrogen (secondary N) is 1. The molecule has 0 aliphatic rings. The Balaban J connectivity index is 2.39. The van der Waals surface area contributed by atoms with Gasteiger partial charge in [0.1, 0.15) is 16.4 Å². The molecule has 0 saturated heterocycles. The maximum atomic E-state index is 13.0. The van der Waals surface area contributed by atoms with E-state index < -0.39 is 22.0 Å². The van der Waals surface area contributed by atoms with E-state index in [1.807, 2.05) is 0 Å². The highest BCUT2D eigenvalue weighted by atomic mass is 32.2. The molecule has 0 saturated carbocycles. The molecule has 0 aliphatic carbocycles. The number of esters is 1. The Labute approximate surface area is 165 Å². The quantitative estimate of drug-likeness (QED) is 0.643. The fourth-order valence-electron chi connectivity index (χ4n) is 2.70. The lowest BCUT2D eigenvalue weighted by molar-refractivity contribution is -0.143. The number of carbonyl (C=O) groups is 1. The van der Waals surface area contributed by atoms with E-state index in [9.17, 15) is 13.2 Å². The van der Waals surface area contributed by atoms with Crippen molar-refractivity contribution < 1.29 is 27.4 Å². The molecule has 2 aromatic rings. The third kappa shape index (κ3) is 5.46. The Kier molecular flexibility index (Phi) is 7.42. The van der Waals surface area contributed by atoms with Crippen molar-refractivity contribution in [3.8, 4) is 11.5 Å². The fourth-order valence-corrected chi connectivity index (χ4v) is 4.17. The van der Waals surface area contributed by atoms with Gasteiger partial charge in [0.05, 0.1) is 33.3 Å². The van der Waals surface area contributed by atoms with E-state index in [2.05, 4.69) is 4.72 Å². The van der Waals surface area contributed by atoms with Gasteiger partial charge in [-0.2, -0.15) is 0 Å². The topological polar surface area (TPSA) is 90.9 Å². The second-order valence-corrected chi connectivity index (χ2v) is 7.79. The minimum Gasteiger partial charge on any atom is -0.497 e. The van der Waals surface area contributed by atoms with Crippen LogP contribution in [0.3, 0.4) is 0 Å². The second-order valence-electron chi connectivity index (χ2n) is 6.11. The van der Waals surface area contributed by atoms with Crippen molar-refractivity contribution in [3.63, 3.8) is 0 Å². The van der Waals surface area contributed by atoms with Gasteiger partial charge in [-0.25, -0.2) is 13.1 Å². The van der Waals surface area contributed by atoms with E-state index in [0.29, 0.717) is 11.3 Å². The van der Waals surface area contributed by atoms with Crippen LogP contribution >= 0.6 is 0 Å². The van der Waals surface area contributed by atoms with Crippen molar-refractivity contribution in [1.29, 1.82) is 0 Å². The molecule has 2 rings (SSSR count). The lowest BCUT2D eigenvalue weighted by atomic mass is 10.0. The maximum Gasteiger partial charge on any atom is 0.307 e. The van der Waals surface area contributed by atoms with Gasteiger partial charge in [-0.3, -0.25) is 4.79 Å². The SMILES string of the molecule is CCOC(=O)CC(NS(=O)(=O)c1cc(C)ccc1OC)c1ccc(OC)cc1. The molecule has 0 heterocycles. The predicted molar refractivity (Wildman–Crippen MR) is 105 cm³/mol. The van der Waals surface area contributed by atoms with E-state index in [1.54, 1.807) is 50.2 Å². The van der Waals surface area contributed by atoms with E-state index in [0.717, 1.165) is 5.56 Å². The Hall–Kier alpha value is -2.58. The molecule has 7 nitrogen and oxygen atoms in total. The van der Waals surface area contributed by atoms with Gasteiger partial charge >= 0.3 is 5.97 Å². The molecule has 152 valence electrons. The number of hydrogen-bond acceptors (Lipinski definition) is 6. The first-order valence-corrected chi connectivity index (χ1v) is 10.3. The van der Waals surface area contributed by atoms with Crippen molar-refractivity contribution >= 4 is 16.0 Å². The lowest BCUT2D eigenvalue weighted by Crippen LogP contribution is -2.31. The minimum atomic E-state index is -3.96. The highest BCUT2D eigenvalue weighted by Gasteiger charge is 2.27. The molecule has 28 heavy (non-hydrogen) atoms. The molecule has 0 spiro atoms. The van der Waals surface area contributed by atoms with Crippen LogP contribution in [0, 0.1) is 6.92 Å². The third-order valence-electron chi connectivity index (χ3n) is 4.10. The summed E-state index contributed by atoms with van der Waals surface area (Å²) in [5, 5.41) is 0. The summed E-state index contributed by atoms with van der Waals surface area (Å²) in [6.07, 6.45) is -0.145. The van der Waals surface area contributed by atoms with Crippen molar-refractivity contribution in [2.45, 2.75) is 31.2 Å². The van der Waals surface area contributed by atoms with Crippen LogP contribution in [0.2, 0.25) is 0 Å². The van der Waals surface area contributed by atoms with E-state index in [4.69, 9.17) is 14.2 Å². The summed E-state index contributed by atoms with van der Waals surface area (Å²) in [6, 6.07) is 10.9. The summed E-state index contributed by atoms with van der Waals surface area (Å²) >= 11 is 0. The molecule has 0 aromatic heterocycles. The summed E-state index contributed by atoms with van der Waals surface area (Å²) in [4.78, 5) is 12.1. The van der Waals surface area contributed by atoms with Gasteiger partial charge in [0.15, 0.2) is 0 Å². The molecular formula is C20H25NO6S. The number of carbonyl (C=O) groups excluding carboxylic acids is 1. The van der Waals surface area contributed by atoms with Crippen LogP contribution in [0.4, 0.5) is 0 Å². The smallest absolute Gasteiger partial charge is 0.307 e. The van der Waals surface area contributed by atoms with Gasteiger partial charge in [0.25, 0.3) is 0 Å². The maximum absolute atomic E-state index is 13.0. The average Bonchev–Trinajstić information content (AvgIpc) is 2.67. The molecular weight excluding hydrogens is 382 g/mol. The number of benzene rings is 2. The molecule has 0 aliphatic heterocycles. The van der Waals surface area contributed by atoms with Gasteiger partial charge in [0.2, 0.25) is 10.0 Å². The molecule has 2 aromatic carbocycles. The van der Waals surface area contributed by atoms with Gasteiger partial charge in [-0.05, 0) is 49.2 Å². The Morgan fingerprint density at radius 1 is 1.07 bits per heavy atom. The summed E-state index contributed by atoms with van der Waals surface area (Å²) < 4.78 is 44.0. The van der Waals surface area contributed by atoms with Crippen molar-refractivity contribution in [2.75, 3.05) is 20.8 Å². The Morgan fingerprint density at radius 3 is 2.32 bits per heavy atom. The summed E-state index contributed by atoms with van der Waals surface area (Å²) in [7, 11) is -1.02. The van der Waals surface area contributed by atoms with Crippen LogP contribution in [-0.4, -0.2) is 35.2 Å². The summed E-state index contributed by atoms with van der Waals surface area (Å²) in [6.45, 7) is 3.70. The highest BCUT2D eigenvalue weighted by molar-refractivity contribution is 7.89. The van der Waals surface area contributed by atoms with Crippen LogP contribution < -0.4 is 14.2 Å². The predicted octanol–water partition coefficient (Wildman–Crippen LogP) is 2.99. The number of hydrogen-bond donors (Lipinski definition) is 1. The first-order valence-electron chi connectivity index (χ1n) is 8.77. The first kappa shape index (κ1) is 21.7. The van der Waals surface area contributed by atoms with Gasteiger partial charge in [-0.1, -0.05) is 18.2 Å². The molecule has 1 unspecified atom stereocenters. The summed E-state index contributed by atoms with van der Waals surface area (Å²) in [5.41, 5.74) is 1.39. The first-order chi connectivity index (χ1) is 13.3. The van der Waals surface area contributed by atoms with E-state index in [1.165, 1.54) is 20.3 Å². The Morgan fingerprint density at radius 2 is 1.75 bits per heavy atom. The molecule has 0 amide bonds. The van der Waals surface area contributed by atoms with Gasteiger partial charge in [-0.15, -0.1) is 0 Å². The van der Waals surface area contributed by atoms with Gasteiger partial charge in [0, 0.05) is 0 Å². The second kappa shape index (κ2) is 9.57. The zero-order valence-corrected chi connectivity index (χ0v) is 17.2. The fraction of sp³-hybridized carbons (Fsp3) is 0.350. The number of methoxy groups -OCH3 is 2. The van der Waals surface area contributed by atoms with Crippen LogP contribution in [0.5, 0.6) is 11.5 Å². The van der Waals surface area contributed by atoms with Crippen molar-refractivity contribution in [2.24, 2.45) is 0 Å². The molecule has 0 fully saturated rings. The normalized spacial score (nSPS) is 12.3. The van der Waals surface area contributed by atoms with Crippen LogP contribution in [0.15, 0.2) is 47.4 Å². The molecule has 8 heteroatoms. The molecule has 1 atom stereocenters. The lowest BCUT2D eigenvalue weighted by Gasteiger charge is -2.20. The standard InChI is InChI=1S/C20H25NO6S/c1-5-27-20(22)13-17(15-7-9-16(25-3)10-8-15)21-28(23,24)19-12-14(2)6-11-18(19)26-4/h6-12,17,21H,5,13H2,1-4H3. The van der Waals surface area contributed by atoms with Crippen LogP contribution in [-0.2, 0) is 19.6 Å².